The Kier molecular flexibility index (Phi) is 7.68. The zero-order chi connectivity index (χ0) is 24.1. The summed E-state index contributed by atoms with van der Waals surface area (Å²) in [7, 11) is 0. The van der Waals surface area contributed by atoms with Crippen molar-refractivity contribution in [3.8, 4) is 0 Å². The van der Waals surface area contributed by atoms with Gasteiger partial charge in [0.2, 0.25) is 6.41 Å². The van der Waals surface area contributed by atoms with Gasteiger partial charge in [-0.2, -0.15) is 10.1 Å². The summed E-state index contributed by atoms with van der Waals surface area (Å²) in [6.07, 6.45) is 4.19. The predicted molar refractivity (Wildman–Crippen MR) is 132 cm³/mol. The molecule has 0 unspecified atom stereocenters. The number of carbonyl (C=O) groups excluding carboxylic acids is 2. The van der Waals surface area contributed by atoms with Gasteiger partial charge in [0.05, 0.1) is 11.4 Å². The molecule has 2 aliphatic heterocycles. The Morgan fingerprint density at radius 3 is 2.45 bits per heavy atom. The van der Waals surface area contributed by atoms with Crippen LogP contribution in [0.2, 0.25) is 0 Å². The minimum atomic E-state index is -0.200. The fraction of sp³-hybridized carbons (Fsp3) is 0.440. The molecule has 3 rings (SSSR count). The lowest BCUT2D eigenvalue weighted by Crippen LogP contribution is -2.51. The summed E-state index contributed by atoms with van der Waals surface area (Å²) in [5, 5.41) is 9.31. The van der Waals surface area contributed by atoms with Crippen LogP contribution in [-0.2, 0) is 16.0 Å². The van der Waals surface area contributed by atoms with Crippen LogP contribution in [0.3, 0.4) is 0 Å². The Hall–Kier alpha value is -3.42. The van der Waals surface area contributed by atoms with E-state index in [1.54, 1.807) is 11.1 Å². The number of hydrogen-bond donors (Lipinski definition) is 1. The highest BCUT2D eigenvalue weighted by molar-refractivity contribution is 6.02. The first-order valence-corrected chi connectivity index (χ1v) is 11.5. The number of amides is 2. The maximum absolute atomic E-state index is 13.6. The highest BCUT2D eigenvalue weighted by Crippen LogP contribution is 2.28. The van der Waals surface area contributed by atoms with Crippen LogP contribution in [0.15, 0.2) is 46.0 Å². The van der Waals surface area contributed by atoms with Crippen molar-refractivity contribution < 1.29 is 9.59 Å². The Morgan fingerprint density at radius 2 is 1.88 bits per heavy atom. The molecule has 33 heavy (non-hydrogen) atoms. The predicted octanol–water partition coefficient (Wildman–Crippen LogP) is 3.30. The number of benzene rings is 1. The van der Waals surface area contributed by atoms with Gasteiger partial charge < -0.3 is 15.1 Å². The number of hydrazone groups is 1. The molecule has 0 atom stereocenters. The number of rotatable bonds is 7. The lowest BCUT2D eigenvalue weighted by atomic mass is 9.99. The third-order valence-corrected chi connectivity index (χ3v) is 6.05. The first-order valence-electron chi connectivity index (χ1n) is 11.5. The molecule has 1 aromatic rings. The molecule has 0 spiro atoms. The largest absolute Gasteiger partial charge is 0.362 e. The molecule has 1 N–H and O–H groups in total. The third kappa shape index (κ3) is 4.99. The summed E-state index contributed by atoms with van der Waals surface area (Å²) in [5.74, 6) is 0.236. The van der Waals surface area contributed by atoms with Crippen LogP contribution in [0.4, 0.5) is 5.69 Å². The van der Waals surface area contributed by atoms with Gasteiger partial charge in [0.1, 0.15) is 11.5 Å². The van der Waals surface area contributed by atoms with Gasteiger partial charge in [-0.1, -0.05) is 20.4 Å². The Morgan fingerprint density at radius 1 is 1.18 bits per heavy atom. The van der Waals surface area contributed by atoms with Crippen LogP contribution in [0, 0.1) is 6.92 Å². The number of aryl methyl sites for hydroxylation is 2. The average Bonchev–Trinajstić information content (AvgIpc) is 2.82. The van der Waals surface area contributed by atoms with E-state index in [-0.39, 0.29) is 5.91 Å². The minimum Gasteiger partial charge on any atom is -0.362 e. The van der Waals surface area contributed by atoms with Gasteiger partial charge >= 0.3 is 0 Å². The Bertz CT molecular complexity index is 1030. The summed E-state index contributed by atoms with van der Waals surface area (Å²) in [6.45, 7) is 16.4. The summed E-state index contributed by atoms with van der Waals surface area (Å²) >= 11 is 0. The molecule has 8 heteroatoms. The fourth-order valence-corrected chi connectivity index (χ4v) is 4.23. The van der Waals surface area contributed by atoms with E-state index < -0.39 is 0 Å². The van der Waals surface area contributed by atoms with Crippen LogP contribution >= 0.6 is 0 Å². The van der Waals surface area contributed by atoms with Crippen LogP contribution < -0.4 is 5.32 Å². The van der Waals surface area contributed by atoms with Crippen molar-refractivity contribution in [2.24, 2.45) is 10.1 Å². The van der Waals surface area contributed by atoms with E-state index in [4.69, 9.17) is 0 Å². The summed E-state index contributed by atoms with van der Waals surface area (Å²) < 4.78 is 0. The molecule has 0 aliphatic carbocycles. The molecular formula is C25H34N6O2. The van der Waals surface area contributed by atoms with Gasteiger partial charge in [-0.05, 0) is 62.4 Å². The first kappa shape index (κ1) is 24.2. The molecule has 0 saturated carbocycles. The van der Waals surface area contributed by atoms with E-state index in [1.165, 1.54) is 5.01 Å². The molecule has 2 heterocycles. The molecule has 1 fully saturated rings. The number of piperazine rings is 1. The molecule has 8 nitrogen and oxygen atoms in total. The normalized spacial score (nSPS) is 17.8. The highest BCUT2D eigenvalue weighted by Gasteiger charge is 2.34. The lowest BCUT2D eigenvalue weighted by Gasteiger charge is -2.39. The second-order valence-electron chi connectivity index (χ2n) is 8.22. The molecule has 0 bridgehead atoms. The Balaban J connectivity index is 1.94. The zero-order valence-corrected chi connectivity index (χ0v) is 20.3. The van der Waals surface area contributed by atoms with Gasteiger partial charge in [-0.25, -0.2) is 0 Å². The molecule has 2 amide bonds. The number of carbonyl (C=O) groups is 2. The van der Waals surface area contributed by atoms with Gasteiger partial charge in [-0.15, -0.1) is 0 Å². The lowest BCUT2D eigenvalue weighted by molar-refractivity contribution is -0.128. The molecule has 1 aromatic carbocycles. The smallest absolute Gasteiger partial charge is 0.298 e. The molecule has 176 valence electrons. The van der Waals surface area contributed by atoms with Crippen molar-refractivity contribution in [1.82, 2.24) is 20.1 Å². The summed E-state index contributed by atoms with van der Waals surface area (Å²) in [4.78, 5) is 32.9. The van der Waals surface area contributed by atoms with E-state index in [2.05, 4.69) is 41.0 Å². The average molecular weight is 451 g/mol. The van der Waals surface area contributed by atoms with Crippen LogP contribution in [0.25, 0.3) is 0 Å². The molecule has 1 saturated heterocycles. The SMILES string of the molecule is C=C1NC(CC)=C(N2CCN(C=O)CC2)C(=O)N1/N=C(\C)c1cc(C)c(N=CC)c(CC)c1. The number of hydrogen-bond acceptors (Lipinski definition) is 6. The third-order valence-electron chi connectivity index (χ3n) is 6.05. The van der Waals surface area contributed by atoms with Crippen LogP contribution in [0.5, 0.6) is 0 Å². The quantitative estimate of drug-likeness (QED) is 0.511. The molecule has 0 aromatic heterocycles. The van der Waals surface area contributed by atoms with E-state index in [1.807, 2.05) is 32.6 Å². The maximum atomic E-state index is 13.6. The van der Waals surface area contributed by atoms with E-state index in [0.717, 1.165) is 46.6 Å². The number of allylic oxidation sites excluding steroid dienone is 1. The second-order valence-corrected chi connectivity index (χ2v) is 8.22. The minimum absolute atomic E-state index is 0.200. The topological polar surface area (TPSA) is 80.6 Å². The first-order chi connectivity index (χ1) is 15.8. The van der Waals surface area contributed by atoms with Crippen molar-refractivity contribution in [2.45, 2.75) is 47.5 Å². The van der Waals surface area contributed by atoms with E-state index in [9.17, 15) is 9.59 Å². The number of aliphatic imine (C=N–C) groups is 1. The van der Waals surface area contributed by atoms with Crippen LogP contribution in [0.1, 0.15) is 50.8 Å². The van der Waals surface area contributed by atoms with Crippen molar-refractivity contribution >= 4 is 29.9 Å². The van der Waals surface area contributed by atoms with Crippen LogP contribution in [-0.4, -0.2) is 65.2 Å². The summed E-state index contributed by atoms with van der Waals surface area (Å²) in [5.41, 5.74) is 6.31. The molecule has 2 aliphatic rings. The standard InChI is InChI=1S/C25H34N6O2/c1-7-20-15-21(14-17(4)23(20)26-9-3)18(5)28-31-19(6)27-22(8-2)24(25(31)33)30-12-10-29(16-32)11-13-30/h9,14-16,27H,6-8,10-13H2,1-5H3/b26-9?,28-18+. The van der Waals surface area contributed by atoms with Gasteiger partial charge in [0.15, 0.2) is 0 Å². The highest BCUT2D eigenvalue weighted by atomic mass is 16.2. The number of nitrogens with zero attached hydrogens (tertiary/aromatic N) is 5. The second kappa shape index (κ2) is 10.5. The van der Waals surface area contributed by atoms with E-state index in [0.29, 0.717) is 44.1 Å². The Labute approximate surface area is 196 Å². The maximum Gasteiger partial charge on any atom is 0.298 e. The monoisotopic (exact) mass is 450 g/mol. The van der Waals surface area contributed by atoms with Crippen molar-refractivity contribution in [3.05, 3.63) is 52.6 Å². The van der Waals surface area contributed by atoms with E-state index >= 15 is 0 Å². The van der Waals surface area contributed by atoms with Crippen molar-refractivity contribution in [3.63, 3.8) is 0 Å². The zero-order valence-electron chi connectivity index (χ0n) is 20.3. The number of nitrogens with one attached hydrogen (secondary N) is 1. The fourth-order valence-electron chi connectivity index (χ4n) is 4.23. The summed E-state index contributed by atoms with van der Waals surface area (Å²) in [6, 6.07) is 4.14. The van der Waals surface area contributed by atoms with Gasteiger partial charge in [0, 0.05) is 38.1 Å². The van der Waals surface area contributed by atoms with Crippen molar-refractivity contribution in [1.29, 1.82) is 0 Å². The molecular weight excluding hydrogens is 416 g/mol. The van der Waals surface area contributed by atoms with Gasteiger partial charge in [0.25, 0.3) is 5.91 Å². The molecule has 0 radical (unpaired) electrons. The van der Waals surface area contributed by atoms with Gasteiger partial charge in [-0.3, -0.25) is 14.6 Å². The van der Waals surface area contributed by atoms with Crippen molar-refractivity contribution in [2.75, 3.05) is 26.2 Å².